The van der Waals surface area contributed by atoms with Gasteiger partial charge in [0.2, 0.25) is 0 Å². The molecule has 0 N–H and O–H groups in total. The third kappa shape index (κ3) is 2.18. The summed E-state index contributed by atoms with van der Waals surface area (Å²) in [5, 5.41) is 0. The lowest BCUT2D eigenvalue weighted by molar-refractivity contribution is 0.0175. The van der Waals surface area contributed by atoms with Gasteiger partial charge in [-0.05, 0) is 19.1 Å². The normalized spacial score (nSPS) is 11.8. The van der Waals surface area contributed by atoms with Crippen molar-refractivity contribution in [2.24, 2.45) is 0 Å². The van der Waals surface area contributed by atoms with Crippen LogP contribution in [0.4, 0.5) is 8.78 Å². The highest BCUT2D eigenvalue weighted by Crippen LogP contribution is 2.27. The molecule has 0 aliphatic carbocycles. The van der Waals surface area contributed by atoms with E-state index < -0.39 is 11.9 Å². The van der Waals surface area contributed by atoms with Gasteiger partial charge >= 0.3 is 5.97 Å². The first-order valence-corrected chi connectivity index (χ1v) is 5.46. The molecule has 6 heteroatoms. The quantitative estimate of drug-likeness (QED) is 0.791. The van der Waals surface area contributed by atoms with E-state index in [1.165, 1.54) is 28.9 Å². The van der Waals surface area contributed by atoms with E-state index in [1.54, 1.807) is 6.92 Å². The smallest absolute Gasteiger partial charge is 0.356 e. The number of halogens is 2. The zero-order valence-electron chi connectivity index (χ0n) is 9.98. The molecule has 4 nitrogen and oxygen atoms in total. The fraction of sp³-hybridized carbons (Fsp3) is 0.333. The predicted octanol–water partition coefficient (Wildman–Crippen LogP) is 2.62. The van der Waals surface area contributed by atoms with Gasteiger partial charge in [0.05, 0.1) is 12.8 Å². The summed E-state index contributed by atoms with van der Waals surface area (Å²) in [5.41, 5.74) is 0.367. The molecule has 2 heterocycles. The molecule has 0 aromatic carbocycles. The fourth-order valence-corrected chi connectivity index (χ4v) is 1.61. The topological polar surface area (TPSA) is 43.6 Å². The van der Waals surface area contributed by atoms with Crippen LogP contribution in [0.2, 0.25) is 0 Å². The molecule has 0 radical (unpaired) electrons. The minimum absolute atomic E-state index is 0.143. The molecule has 0 saturated carbocycles. The van der Waals surface area contributed by atoms with Crippen molar-refractivity contribution in [1.29, 1.82) is 0 Å². The number of carbonyl (C=O) groups excluding carboxylic acids is 1. The van der Waals surface area contributed by atoms with Gasteiger partial charge in [-0.25, -0.2) is 18.6 Å². The second kappa shape index (κ2) is 4.36. The Bertz CT molecular complexity index is 587. The molecule has 0 atom stereocenters. The highest BCUT2D eigenvalue weighted by molar-refractivity contribution is 5.88. The molecule has 0 aliphatic rings. The van der Waals surface area contributed by atoms with Gasteiger partial charge < -0.3 is 4.74 Å². The predicted molar refractivity (Wildman–Crippen MR) is 60.7 cm³/mol. The number of nitrogens with zero attached hydrogens (tertiary/aromatic N) is 2. The number of alkyl halides is 2. The molecule has 2 aromatic heterocycles. The summed E-state index contributed by atoms with van der Waals surface area (Å²) >= 11 is 0. The summed E-state index contributed by atoms with van der Waals surface area (Å²) in [7, 11) is 0. The molecule has 2 aromatic rings. The number of aromatic nitrogens is 2. The van der Waals surface area contributed by atoms with E-state index in [0.717, 1.165) is 6.92 Å². The third-order valence-electron chi connectivity index (χ3n) is 2.50. The molecular formula is C12H12F2N2O2. The number of esters is 1. The van der Waals surface area contributed by atoms with Crippen molar-refractivity contribution in [3.8, 4) is 0 Å². The zero-order chi connectivity index (χ0) is 13.3. The fourth-order valence-electron chi connectivity index (χ4n) is 1.61. The first-order chi connectivity index (χ1) is 8.43. The van der Waals surface area contributed by atoms with Crippen LogP contribution in [0.1, 0.15) is 29.9 Å². The number of hydrogen-bond acceptors (Lipinski definition) is 3. The Balaban J connectivity index is 2.47. The van der Waals surface area contributed by atoms with E-state index in [9.17, 15) is 13.6 Å². The Morgan fingerprint density at radius 2 is 2.28 bits per heavy atom. The molecule has 0 fully saturated rings. The lowest BCUT2D eigenvalue weighted by Gasteiger charge is -2.10. The number of pyridine rings is 1. The Morgan fingerprint density at radius 3 is 2.89 bits per heavy atom. The van der Waals surface area contributed by atoms with Crippen molar-refractivity contribution in [2.45, 2.75) is 19.8 Å². The van der Waals surface area contributed by atoms with Gasteiger partial charge in [0, 0.05) is 18.7 Å². The van der Waals surface area contributed by atoms with Crippen LogP contribution in [0.15, 0.2) is 24.5 Å². The van der Waals surface area contributed by atoms with E-state index in [4.69, 9.17) is 4.74 Å². The lowest BCUT2D eigenvalue weighted by atomic mass is 10.1. The summed E-state index contributed by atoms with van der Waals surface area (Å²) in [6.07, 6.45) is 2.70. The monoisotopic (exact) mass is 254 g/mol. The highest BCUT2D eigenvalue weighted by Gasteiger charge is 2.25. The van der Waals surface area contributed by atoms with E-state index in [-0.39, 0.29) is 23.5 Å². The summed E-state index contributed by atoms with van der Waals surface area (Å²) in [6, 6.07) is 2.51. The van der Waals surface area contributed by atoms with Crippen LogP contribution in [0, 0.1) is 0 Å². The number of fused-ring (bicyclic) bond motifs is 1. The van der Waals surface area contributed by atoms with Crippen molar-refractivity contribution < 1.29 is 18.3 Å². The molecule has 18 heavy (non-hydrogen) atoms. The van der Waals surface area contributed by atoms with Crippen LogP contribution in [0.3, 0.4) is 0 Å². The van der Waals surface area contributed by atoms with Crippen LogP contribution in [-0.2, 0) is 10.7 Å². The molecule has 0 amide bonds. The van der Waals surface area contributed by atoms with Gasteiger partial charge in [0.1, 0.15) is 5.65 Å². The van der Waals surface area contributed by atoms with E-state index in [0.29, 0.717) is 0 Å². The van der Waals surface area contributed by atoms with Gasteiger partial charge in [0.15, 0.2) is 5.69 Å². The Labute approximate surface area is 102 Å². The molecule has 96 valence electrons. The van der Waals surface area contributed by atoms with Crippen molar-refractivity contribution >= 4 is 11.6 Å². The average molecular weight is 254 g/mol. The SMILES string of the molecule is CCOC(=O)c1cnc2cc(C(C)(F)F)ccn12. The van der Waals surface area contributed by atoms with E-state index in [2.05, 4.69) is 4.98 Å². The lowest BCUT2D eigenvalue weighted by Crippen LogP contribution is -2.10. The summed E-state index contributed by atoms with van der Waals surface area (Å²) in [6.45, 7) is 2.75. The molecule has 0 bridgehead atoms. The maximum absolute atomic E-state index is 13.1. The summed E-state index contributed by atoms with van der Waals surface area (Å²) in [5.74, 6) is -3.46. The largest absolute Gasteiger partial charge is 0.461 e. The number of imidazole rings is 1. The molecular weight excluding hydrogens is 242 g/mol. The third-order valence-corrected chi connectivity index (χ3v) is 2.50. The first-order valence-electron chi connectivity index (χ1n) is 5.46. The molecule has 0 aliphatic heterocycles. The van der Waals surface area contributed by atoms with Crippen LogP contribution >= 0.6 is 0 Å². The van der Waals surface area contributed by atoms with Gasteiger partial charge in [-0.15, -0.1) is 0 Å². The maximum Gasteiger partial charge on any atom is 0.356 e. The number of ether oxygens (including phenoxy) is 1. The zero-order valence-corrected chi connectivity index (χ0v) is 9.98. The van der Waals surface area contributed by atoms with Crippen LogP contribution in [0.25, 0.3) is 5.65 Å². The van der Waals surface area contributed by atoms with E-state index >= 15 is 0 Å². The second-order valence-electron chi connectivity index (χ2n) is 3.90. The molecule has 2 rings (SSSR count). The molecule has 0 spiro atoms. The van der Waals surface area contributed by atoms with Gasteiger partial charge in [0.25, 0.3) is 5.92 Å². The van der Waals surface area contributed by atoms with Crippen molar-refractivity contribution in [2.75, 3.05) is 6.61 Å². The van der Waals surface area contributed by atoms with Crippen LogP contribution in [0.5, 0.6) is 0 Å². The highest BCUT2D eigenvalue weighted by atomic mass is 19.3. The first kappa shape index (κ1) is 12.5. The Hall–Kier alpha value is -1.98. The number of carbonyl (C=O) groups is 1. The summed E-state index contributed by atoms with van der Waals surface area (Å²) < 4.78 is 32.5. The van der Waals surface area contributed by atoms with Gasteiger partial charge in [-0.1, -0.05) is 0 Å². The number of hydrogen-bond donors (Lipinski definition) is 0. The standard InChI is InChI=1S/C12H12F2N2O2/c1-3-18-11(17)9-7-15-10-6-8(12(2,13)14)4-5-16(9)10/h4-7H,3H2,1-2H3. The van der Waals surface area contributed by atoms with Crippen molar-refractivity contribution in [3.05, 3.63) is 35.8 Å². The van der Waals surface area contributed by atoms with Gasteiger partial charge in [-0.3, -0.25) is 4.40 Å². The molecule has 0 unspecified atom stereocenters. The van der Waals surface area contributed by atoms with Crippen LogP contribution < -0.4 is 0 Å². The number of rotatable bonds is 3. The van der Waals surface area contributed by atoms with Crippen LogP contribution in [-0.4, -0.2) is 22.0 Å². The van der Waals surface area contributed by atoms with Crippen molar-refractivity contribution in [3.63, 3.8) is 0 Å². The Morgan fingerprint density at radius 1 is 1.56 bits per heavy atom. The Kier molecular flexibility index (Phi) is 3.02. The summed E-state index contributed by atoms with van der Waals surface area (Å²) in [4.78, 5) is 15.5. The van der Waals surface area contributed by atoms with Crippen molar-refractivity contribution in [1.82, 2.24) is 9.38 Å². The average Bonchev–Trinajstić information content (AvgIpc) is 2.70. The minimum Gasteiger partial charge on any atom is -0.461 e. The second-order valence-corrected chi connectivity index (χ2v) is 3.90. The van der Waals surface area contributed by atoms with E-state index in [1.807, 2.05) is 0 Å². The molecule has 0 saturated heterocycles. The van der Waals surface area contributed by atoms with Gasteiger partial charge in [-0.2, -0.15) is 0 Å². The maximum atomic E-state index is 13.1. The minimum atomic E-state index is -2.93.